The fourth-order valence-corrected chi connectivity index (χ4v) is 6.35. The number of hydrogen-bond donors (Lipinski definition) is 3. The van der Waals surface area contributed by atoms with Crippen LogP contribution in [-0.4, -0.2) is 44.7 Å². The van der Waals surface area contributed by atoms with Gasteiger partial charge in [-0.2, -0.15) is 0 Å². The number of Topliss-reactive ketones (excluding diaryl/α,β-unsaturated/α-hetero) is 2. The molecule has 0 saturated heterocycles. The minimum Gasteiger partial charge on any atom is -0.392 e. The zero-order chi connectivity index (χ0) is 18.5. The average molecular weight is 346 g/mol. The summed E-state index contributed by atoms with van der Waals surface area (Å²) in [6.07, 6.45) is 3.54. The highest BCUT2D eigenvalue weighted by atomic mass is 16.3. The van der Waals surface area contributed by atoms with Crippen LogP contribution in [0.3, 0.4) is 0 Å². The van der Waals surface area contributed by atoms with Gasteiger partial charge in [-0.25, -0.2) is 0 Å². The van der Waals surface area contributed by atoms with Crippen molar-refractivity contribution in [1.82, 2.24) is 0 Å². The van der Waals surface area contributed by atoms with Gasteiger partial charge in [-0.1, -0.05) is 32.9 Å². The summed E-state index contributed by atoms with van der Waals surface area (Å²) in [5.41, 5.74) is -2.66. The topological polar surface area (TPSA) is 94.8 Å². The first-order chi connectivity index (χ1) is 11.5. The van der Waals surface area contributed by atoms with Crippen LogP contribution in [0.5, 0.6) is 0 Å². The van der Waals surface area contributed by atoms with Crippen molar-refractivity contribution in [3.05, 3.63) is 23.3 Å². The van der Waals surface area contributed by atoms with Gasteiger partial charge in [0.25, 0.3) is 0 Å². The molecule has 0 aromatic heterocycles. The lowest BCUT2D eigenvalue weighted by Gasteiger charge is -2.49. The zero-order valence-electron chi connectivity index (χ0n) is 15.1. The number of ketones is 2. The van der Waals surface area contributed by atoms with E-state index >= 15 is 0 Å². The number of hydrogen-bond acceptors (Lipinski definition) is 5. The van der Waals surface area contributed by atoms with Crippen molar-refractivity contribution in [1.29, 1.82) is 0 Å². The summed E-state index contributed by atoms with van der Waals surface area (Å²) in [5, 5.41) is 32.9. The molecule has 0 amide bonds. The Morgan fingerprint density at radius 3 is 2.44 bits per heavy atom. The molecule has 2 saturated carbocycles. The van der Waals surface area contributed by atoms with E-state index in [9.17, 15) is 24.9 Å². The van der Waals surface area contributed by atoms with Gasteiger partial charge < -0.3 is 15.3 Å². The first kappa shape index (κ1) is 17.1. The van der Waals surface area contributed by atoms with Crippen LogP contribution in [-0.2, 0) is 9.59 Å². The molecule has 3 N–H and O–H groups in total. The Balaban J connectivity index is 1.94. The monoisotopic (exact) mass is 346 g/mol. The summed E-state index contributed by atoms with van der Waals surface area (Å²) in [5.74, 6) is -2.05. The summed E-state index contributed by atoms with van der Waals surface area (Å²) < 4.78 is 0. The van der Waals surface area contributed by atoms with Crippen LogP contribution < -0.4 is 0 Å². The molecule has 0 aromatic rings. The van der Waals surface area contributed by atoms with Crippen LogP contribution in [0.15, 0.2) is 23.3 Å². The molecular weight excluding hydrogens is 320 g/mol. The highest BCUT2D eigenvalue weighted by molar-refractivity contribution is 6.05. The van der Waals surface area contributed by atoms with Crippen molar-refractivity contribution in [3.8, 4) is 0 Å². The summed E-state index contributed by atoms with van der Waals surface area (Å²) in [6.45, 7) is 7.04. The van der Waals surface area contributed by atoms with E-state index in [1.807, 2.05) is 26.8 Å². The van der Waals surface area contributed by atoms with Gasteiger partial charge in [0.1, 0.15) is 11.4 Å². The number of aliphatic hydroxyl groups is 3. The van der Waals surface area contributed by atoms with Gasteiger partial charge in [-0.15, -0.1) is 0 Å². The summed E-state index contributed by atoms with van der Waals surface area (Å²) in [7, 11) is 0. The van der Waals surface area contributed by atoms with Crippen molar-refractivity contribution >= 4 is 11.6 Å². The second-order valence-electron chi connectivity index (χ2n) is 9.08. The minimum atomic E-state index is -1.74. The highest BCUT2D eigenvalue weighted by Crippen LogP contribution is 2.68. The van der Waals surface area contributed by atoms with Crippen molar-refractivity contribution in [3.63, 3.8) is 0 Å². The van der Waals surface area contributed by atoms with Gasteiger partial charge in [0.15, 0.2) is 5.78 Å². The molecule has 0 radical (unpaired) electrons. The maximum absolute atomic E-state index is 12.7. The molecule has 136 valence electrons. The summed E-state index contributed by atoms with van der Waals surface area (Å²) >= 11 is 0. The van der Waals surface area contributed by atoms with E-state index in [-0.39, 0.29) is 48.3 Å². The van der Waals surface area contributed by atoms with Gasteiger partial charge in [0.2, 0.25) is 0 Å². The third-order valence-electron chi connectivity index (χ3n) is 7.64. The molecule has 4 rings (SSSR count). The van der Waals surface area contributed by atoms with E-state index in [1.54, 1.807) is 13.0 Å². The van der Waals surface area contributed by atoms with Crippen LogP contribution in [0.1, 0.15) is 34.1 Å². The third-order valence-corrected chi connectivity index (χ3v) is 7.64. The van der Waals surface area contributed by atoms with E-state index < -0.39 is 22.5 Å². The molecule has 0 bridgehead atoms. The number of rotatable bonds is 1. The summed E-state index contributed by atoms with van der Waals surface area (Å²) in [6, 6.07) is 0. The quantitative estimate of drug-likeness (QED) is 0.616. The Bertz CT molecular complexity index is 747. The smallest absolute Gasteiger partial charge is 0.190 e. The minimum absolute atomic E-state index is 0.0259. The molecule has 4 aliphatic rings. The molecule has 7 unspecified atom stereocenters. The molecule has 7 atom stereocenters. The predicted molar refractivity (Wildman–Crippen MR) is 90.4 cm³/mol. The molecule has 25 heavy (non-hydrogen) atoms. The normalized spacial score (nSPS) is 50.3. The van der Waals surface area contributed by atoms with Gasteiger partial charge in [-0.3, -0.25) is 9.59 Å². The van der Waals surface area contributed by atoms with E-state index in [0.29, 0.717) is 11.1 Å². The van der Waals surface area contributed by atoms with Crippen molar-refractivity contribution in [2.75, 3.05) is 6.61 Å². The first-order valence-corrected chi connectivity index (χ1v) is 9.04. The van der Waals surface area contributed by atoms with Crippen LogP contribution in [0.25, 0.3) is 0 Å². The largest absolute Gasteiger partial charge is 0.392 e. The van der Waals surface area contributed by atoms with Gasteiger partial charge in [0.05, 0.1) is 12.2 Å². The van der Waals surface area contributed by atoms with Crippen molar-refractivity contribution in [2.45, 2.75) is 45.3 Å². The molecule has 2 fully saturated rings. The lowest BCUT2D eigenvalue weighted by Crippen LogP contribution is -2.55. The fourth-order valence-electron chi connectivity index (χ4n) is 6.35. The zero-order valence-corrected chi connectivity index (χ0v) is 15.1. The maximum Gasteiger partial charge on any atom is 0.190 e. The van der Waals surface area contributed by atoms with Gasteiger partial charge in [0, 0.05) is 29.6 Å². The SMILES string of the molecule is CC1=CC2C(O)(CC(CO)=CC3C4C(C(=O)C4(C)C)C(C)C32O)C1=O. The second-order valence-corrected chi connectivity index (χ2v) is 9.08. The van der Waals surface area contributed by atoms with Crippen LogP contribution in [0.2, 0.25) is 0 Å². The number of carbonyl (C=O) groups is 2. The molecule has 0 heterocycles. The lowest BCUT2D eigenvalue weighted by atomic mass is 9.52. The van der Waals surface area contributed by atoms with Crippen LogP contribution in [0, 0.1) is 35.0 Å². The summed E-state index contributed by atoms with van der Waals surface area (Å²) in [4.78, 5) is 25.4. The Morgan fingerprint density at radius 1 is 1.20 bits per heavy atom. The average Bonchev–Trinajstić information content (AvgIpc) is 2.87. The number of carbonyl (C=O) groups excluding carboxylic acids is 2. The van der Waals surface area contributed by atoms with E-state index in [4.69, 9.17) is 0 Å². The Hall–Kier alpha value is -1.30. The van der Waals surface area contributed by atoms with E-state index in [1.165, 1.54) is 0 Å². The lowest BCUT2D eigenvalue weighted by molar-refractivity contribution is -0.155. The van der Waals surface area contributed by atoms with Crippen molar-refractivity contribution in [2.24, 2.45) is 35.0 Å². The third kappa shape index (κ3) is 1.70. The molecule has 0 aliphatic heterocycles. The van der Waals surface area contributed by atoms with E-state index in [2.05, 4.69) is 0 Å². The number of aliphatic hydroxyl groups excluding tert-OH is 1. The number of fused-ring (bicyclic) bond motifs is 5. The van der Waals surface area contributed by atoms with E-state index in [0.717, 1.165) is 0 Å². The Labute approximate surface area is 147 Å². The molecule has 5 nitrogen and oxygen atoms in total. The molecule has 4 aliphatic carbocycles. The van der Waals surface area contributed by atoms with Gasteiger partial charge in [-0.05, 0) is 29.9 Å². The molecule has 0 aromatic carbocycles. The van der Waals surface area contributed by atoms with Crippen LogP contribution >= 0.6 is 0 Å². The highest BCUT2D eigenvalue weighted by Gasteiger charge is 2.75. The fraction of sp³-hybridized carbons (Fsp3) is 0.700. The second kappa shape index (κ2) is 4.70. The molecular formula is C20H26O5. The predicted octanol–water partition coefficient (Wildman–Crippen LogP) is 1.02. The van der Waals surface area contributed by atoms with Gasteiger partial charge >= 0.3 is 0 Å². The molecule has 5 heteroatoms. The van der Waals surface area contributed by atoms with Crippen LogP contribution in [0.4, 0.5) is 0 Å². The Morgan fingerprint density at radius 2 is 1.84 bits per heavy atom. The molecule has 0 spiro atoms. The maximum atomic E-state index is 12.7. The van der Waals surface area contributed by atoms with Crippen molar-refractivity contribution < 1.29 is 24.9 Å². The standard InChI is InChI=1S/C20H26O5/c1-9-5-13-19(24,16(9)22)7-11(8-21)6-12-15-14(10(2)20(12,13)25)17(23)18(15,3)4/h5-6,10,12-15,21,24-25H,7-8H2,1-4H3. The first-order valence-electron chi connectivity index (χ1n) is 9.04. The Kier molecular flexibility index (Phi) is 3.22.